The molecule has 0 aromatic heterocycles. The third kappa shape index (κ3) is 5.22. The number of rotatable bonds is 0. The van der Waals surface area contributed by atoms with Crippen molar-refractivity contribution in [3.8, 4) is 0 Å². The van der Waals surface area contributed by atoms with Crippen LogP contribution in [0.2, 0.25) is 0 Å². The molecule has 0 aliphatic carbocycles. The Morgan fingerprint density at radius 3 is 2.04 bits per heavy atom. The molecule has 150 valence electrons. The van der Waals surface area contributed by atoms with Gasteiger partial charge in [0.05, 0.1) is 17.7 Å². The fraction of sp³-hybridized carbons (Fsp3) is 0.500. The van der Waals surface area contributed by atoms with Gasteiger partial charge in [-0.1, -0.05) is 81.7 Å². The van der Waals surface area contributed by atoms with Crippen LogP contribution in [0.3, 0.4) is 0 Å². The fourth-order valence-electron chi connectivity index (χ4n) is 2.32. The van der Waals surface area contributed by atoms with E-state index in [1.54, 1.807) is 6.07 Å². The molecule has 0 bridgehead atoms. The average molecular weight is 517 g/mol. The van der Waals surface area contributed by atoms with E-state index < -0.39 is 30.5 Å². The molecule has 0 fully saturated rings. The minimum Gasteiger partial charge on any atom is -0.462 e. The quantitative estimate of drug-likeness (QED) is 0.301. The van der Waals surface area contributed by atoms with Gasteiger partial charge in [0, 0.05) is 0 Å². The Balaban J connectivity index is 2.47. The minimum absolute atomic E-state index is 0.0232. The van der Waals surface area contributed by atoms with Crippen LogP contribution in [0.1, 0.15) is 40.0 Å². The molecule has 0 saturated carbocycles. The van der Waals surface area contributed by atoms with Crippen LogP contribution in [0.4, 0.5) is 0 Å². The van der Waals surface area contributed by atoms with E-state index in [4.69, 9.17) is 90.7 Å². The van der Waals surface area contributed by atoms with Gasteiger partial charge in [-0.05, 0) is 31.4 Å². The zero-order valence-electron chi connectivity index (χ0n) is 13.5. The number of hydrogen-bond donors (Lipinski definition) is 0. The topological polar surface area (TPSA) is 52.6 Å². The average Bonchev–Trinajstić information content (AvgIpc) is 2.59. The van der Waals surface area contributed by atoms with Crippen LogP contribution < -0.4 is 0 Å². The van der Waals surface area contributed by atoms with E-state index in [2.05, 4.69) is 0 Å². The summed E-state index contributed by atoms with van der Waals surface area (Å²) in [6, 6.07) is 5.81. The monoisotopic (exact) mass is 514 g/mol. The molecule has 1 unspecified atom stereocenters. The van der Waals surface area contributed by atoms with Crippen LogP contribution in [0.15, 0.2) is 24.3 Å². The summed E-state index contributed by atoms with van der Waals surface area (Å²) in [5, 5.41) is -1.42. The predicted octanol–water partition coefficient (Wildman–Crippen LogP) is 6.27. The Hall–Kier alpha value is 0.190. The van der Waals surface area contributed by atoms with Crippen molar-refractivity contribution in [1.82, 2.24) is 0 Å². The number of ether oxygens (including phenoxy) is 2. The first-order valence-corrected chi connectivity index (χ1v) is 10.4. The van der Waals surface area contributed by atoms with Gasteiger partial charge in [0.1, 0.15) is 9.71 Å². The smallest absolute Gasteiger partial charge is 0.341 e. The summed E-state index contributed by atoms with van der Waals surface area (Å²) >= 11 is 43.4. The lowest BCUT2D eigenvalue weighted by atomic mass is 10.1. The maximum absolute atomic E-state index is 12.6. The van der Waals surface area contributed by atoms with Crippen LogP contribution in [-0.4, -0.2) is 37.1 Å². The molecule has 0 saturated heterocycles. The van der Waals surface area contributed by atoms with Gasteiger partial charge in [-0.15, -0.1) is 11.6 Å². The number of hydrogen-bond acceptors (Lipinski definition) is 4. The molecular formula is C16H13Cl7O4. The highest BCUT2D eigenvalue weighted by atomic mass is 35.5. The van der Waals surface area contributed by atoms with Gasteiger partial charge in [-0.3, -0.25) is 0 Å². The summed E-state index contributed by atoms with van der Waals surface area (Å²) in [7, 11) is 0. The first-order chi connectivity index (χ1) is 12.4. The van der Waals surface area contributed by atoms with E-state index in [1.807, 2.05) is 0 Å². The highest BCUT2D eigenvalue weighted by molar-refractivity contribution is 6.66. The second-order valence-corrected chi connectivity index (χ2v) is 10.4. The number of alkyl halides is 7. The van der Waals surface area contributed by atoms with E-state index in [1.165, 1.54) is 18.2 Å². The summed E-state index contributed by atoms with van der Waals surface area (Å²) in [5.41, 5.74) is -0.159. The van der Waals surface area contributed by atoms with Crippen molar-refractivity contribution in [2.75, 3.05) is 6.61 Å². The molecule has 1 aromatic rings. The molecule has 1 heterocycles. The predicted molar refractivity (Wildman–Crippen MR) is 109 cm³/mol. The third-order valence-corrected chi connectivity index (χ3v) is 7.87. The fourth-order valence-corrected chi connectivity index (χ4v) is 4.32. The summed E-state index contributed by atoms with van der Waals surface area (Å²) < 4.78 is 3.75. The number of cyclic esters (lactones) is 2. The first-order valence-electron chi connectivity index (χ1n) is 7.67. The first kappa shape index (κ1) is 23.5. The highest BCUT2D eigenvalue weighted by Crippen LogP contribution is 2.54. The van der Waals surface area contributed by atoms with Gasteiger partial charge in [0.2, 0.25) is 4.33 Å². The number of halogens is 7. The van der Waals surface area contributed by atoms with Crippen molar-refractivity contribution in [3.05, 3.63) is 35.4 Å². The molecule has 1 aromatic carbocycles. The van der Waals surface area contributed by atoms with E-state index >= 15 is 0 Å². The molecular weight excluding hydrogens is 504 g/mol. The van der Waals surface area contributed by atoms with Gasteiger partial charge < -0.3 is 9.47 Å². The second kappa shape index (κ2) is 8.91. The lowest BCUT2D eigenvalue weighted by Crippen LogP contribution is -2.52. The van der Waals surface area contributed by atoms with Crippen molar-refractivity contribution in [2.24, 2.45) is 0 Å². The third-order valence-electron chi connectivity index (χ3n) is 3.80. The molecule has 1 atom stereocenters. The largest absolute Gasteiger partial charge is 0.462 e. The molecule has 2 rings (SSSR count). The van der Waals surface area contributed by atoms with Gasteiger partial charge >= 0.3 is 11.9 Å². The van der Waals surface area contributed by atoms with Gasteiger partial charge in [-0.25, -0.2) is 9.59 Å². The zero-order chi connectivity index (χ0) is 20.5. The van der Waals surface area contributed by atoms with E-state index in [0.717, 1.165) is 0 Å². The molecule has 0 spiro atoms. The highest BCUT2D eigenvalue weighted by Gasteiger charge is 2.61. The second-order valence-electron chi connectivity index (χ2n) is 5.79. The Morgan fingerprint density at radius 1 is 0.889 bits per heavy atom. The van der Waals surface area contributed by atoms with Crippen molar-refractivity contribution in [3.63, 3.8) is 0 Å². The van der Waals surface area contributed by atoms with Gasteiger partial charge in [0.15, 0.2) is 0 Å². The summed E-state index contributed by atoms with van der Waals surface area (Å²) in [6.07, 6.45) is 1.01. The van der Waals surface area contributed by atoms with Crippen LogP contribution in [-0.2, 0) is 9.47 Å². The maximum Gasteiger partial charge on any atom is 0.341 e. The number of esters is 2. The molecule has 1 aliphatic heterocycles. The van der Waals surface area contributed by atoms with Crippen LogP contribution in [0, 0.1) is 0 Å². The Bertz CT molecular complexity index is 720. The van der Waals surface area contributed by atoms with E-state index in [0.29, 0.717) is 12.8 Å². The zero-order valence-corrected chi connectivity index (χ0v) is 18.8. The lowest BCUT2D eigenvalue weighted by Gasteiger charge is -2.39. The number of benzene rings is 1. The Labute approximate surface area is 191 Å². The summed E-state index contributed by atoms with van der Waals surface area (Å²) in [6.45, 7) is 0.0842. The van der Waals surface area contributed by atoms with Crippen LogP contribution >= 0.6 is 81.2 Å². The molecule has 0 radical (unpaired) electrons. The number of carbonyl (C=O) groups is 2. The Morgan fingerprint density at radius 2 is 1.44 bits per heavy atom. The van der Waals surface area contributed by atoms with Crippen LogP contribution in [0.5, 0.6) is 0 Å². The molecule has 0 N–H and O–H groups in total. The van der Waals surface area contributed by atoms with Crippen LogP contribution in [0.25, 0.3) is 0 Å². The minimum atomic E-state index is -2.53. The SMILES string of the molecule is O=C1OCCCCC(Cl)(Cl)C(Cl)C(Cl)(Cl)C(Cl)(Cl)OC(=O)c2ccccc21. The van der Waals surface area contributed by atoms with Crippen molar-refractivity contribution >= 4 is 93.1 Å². The molecule has 1 aliphatic rings. The van der Waals surface area contributed by atoms with Crippen molar-refractivity contribution < 1.29 is 19.1 Å². The van der Waals surface area contributed by atoms with E-state index in [9.17, 15) is 9.59 Å². The maximum atomic E-state index is 12.6. The molecule has 0 amide bonds. The number of fused-ring (bicyclic) bond motifs is 1. The summed E-state index contributed by atoms with van der Waals surface area (Å²) in [4.78, 5) is 24.8. The number of carbonyl (C=O) groups excluding carboxylic acids is 2. The molecule has 27 heavy (non-hydrogen) atoms. The van der Waals surface area contributed by atoms with Gasteiger partial charge in [0.25, 0.3) is 4.52 Å². The van der Waals surface area contributed by atoms with Gasteiger partial charge in [-0.2, -0.15) is 0 Å². The van der Waals surface area contributed by atoms with Crippen molar-refractivity contribution in [2.45, 2.75) is 37.8 Å². The normalized spacial score (nSPS) is 25.5. The molecule has 11 heteroatoms. The standard InChI is InChI=1S/C16H13Cl7O4/c17-13-14(18,19)7-3-4-8-26-11(24)9-5-1-2-6-10(9)12(25)27-16(22,23)15(13,20)21/h1-2,5-6,13H,3-4,7-8H2. The Kier molecular flexibility index (Phi) is 7.74. The van der Waals surface area contributed by atoms with E-state index in [-0.39, 0.29) is 24.2 Å². The molecule has 4 nitrogen and oxygen atoms in total. The summed E-state index contributed by atoms with van der Waals surface area (Å²) in [5.74, 6) is -1.77. The lowest BCUT2D eigenvalue weighted by molar-refractivity contribution is 0.0320. The van der Waals surface area contributed by atoms with Crippen molar-refractivity contribution in [1.29, 1.82) is 0 Å².